The van der Waals surface area contributed by atoms with Gasteiger partial charge in [-0.1, -0.05) is 38.8 Å². The molecule has 0 saturated carbocycles. The van der Waals surface area contributed by atoms with Crippen LogP contribution in [0, 0.1) is 0 Å². The predicted molar refractivity (Wildman–Crippen MR) is 83.3 cm³/mol. The number of carbonyl (C=O) groups is 1. The molecule has 0 fully saturated rings. The average Bonchev–Trinajstić information content (AvgIpc) is 2.28. The van der Waals surface area contributed by atoms with Gasteiger partial charge in [0.05, 0.1) is 0 Å². The number of halogens is 3. The Morgan fingerprint density at radius 2 is 1.89 bits per heavy atom. The standard InChI is InChI=1S/C13H16Br2ClNO/c1-3-13(2,4-5-16)17-12(18)9-6-10(14)8-11(15)7-9/h6-8H,3-5H2,1-2H3,(H,17,18). The van der Waals surface area contributed by atoms with Crippen molar-refractivity contribution in [1.82, 2.24) is 5.32 Å². The summed E-state index contributed by atoms with van der Waals surface area (Å²) in [6.45, 7) is 4.06. The molecule has 2 nitrogen and oxygen atoms in total. The summed E-state index contributed by atoms with van der Waals surface area (Å²) in [5.41, 5.74) is 0.374. The van der Waals surface area contributed by atoms with Crippen LogP contribution in [0.15, 0.2) is 27.1 Å². The van der Waals surface area contributed by atoms with Gasteiger partial charge in [-0.05, 0) is 38.0 Å². The zero-order chi connectivity index (χ0) is 13.8. The summed E-state index contributed by atoms with van der Waals surface area (Å²) < 4.78 is 1.75. The quantitative estimate of drug-likeness (QED) is 0.715. The van der Waals surface area contributed by atoms with Crippen molar-refractivity contribution in [1.29, 1.82) is 0 Å². The van der Waals surface area contributed by atoms with Crippen LogP contribution in [0.4, 0.5) is 0 Å². The fourth-order valence-corrected chi connectivity index (χ4v) is 3.28. The van der Waals surface area contributed by atoms with E-state index in [1.807, 2.05) is 19.9 Å². The van der Waals surface area contributed by atoms with Crippen molar-refractivity contribution in [3.63, 3.8) is 0 Å². The van der Waals surface area contributed by atoms with Gasteiger partial charge in [0, 0.05) is 25.9 Å². The molecule has 1 aromatic carbocycles. The summed E-state index contributed by atoms with van der Waals surface area (Å²) in [6.07, 6.45) is 1.60. The number of hydrogen-bond donors (Lipinski definition) is 1. The average molecular weight is 398 g/mol. The molecule has 0 heterocycles. The lowest BCUT2D eigenvalue weighted by atomic mass is 9.95. The molecule has 1 N–H and O–H groups in total. The number of alkyl halides is 1. The number of amides is 1. The molecule has 0 aromatic heterocycles. The van der Waals surface area contributed by atoms with E-state index in [-0.39, 0.29) is 11.4 Å². The van der Waals surface area contributed by atoms with Gasteiger partial charge in [0.1, 0.15) is 0 Å². The molecule has 0 aliphatic carbocycles. The number of hydrogen-bond acceptors (Lipinski definition) is 1. The van der Waals surface area contributed by atoms with Crippen LogP contribution in [0.25, 0.3) is 0 Å². The Kier molecular flexibility index (Phi) is 6.15. The molecule has 1 rings (SSSR count). The zero-order valence-corrected chi connectivity index (χ0v) is 14.3. The van der Waals surface area contributed by atoms with Crippen LogP contribution < -0.4 is 5.32 Å². The lowest BCUT2D eigenvalue weighted by molar-refractivity contribution is 0.0901. The maximum atomic E-state index is 12.2. The minimum absolute atomic E-state index is 0.0773. The van der Waals surface area contributed by atoms with E-state index >= 15 is 0 Å². The molecule has 100 valence electrons. The van der Waals surface area contributed by atoms with Crippen molar-refractivity contribution in [2.24, 2.45) is 0 Å². The van der Waals surface area contributed by atoms with Gasteiger partial charge in [-0.25, -0.2) is 0 Å². The van der Waals surface area contributed by atoms with Gasteiger partial charge in [-0.2, -0.15) is 0 Å². The molecule has 0 saturated heterocycles. The van der Waals surface area contributed by atoms with Crippen LogP contribution in [-0.4, -0.2) is 17.3 Å². The molecule has 0 radical (unpaired) electrons. The molecule has 1 unspecified atom stereocenters. The van der Waals surface area contributed by atoms with E-state index < -0.39 is 0 Å². The highest BCUT2D eigenvalue weighted by atomic mass is 79.9. The zero-order valence-electron chi connectivity index (χ0n) is 10.4. The maximum Gasteiger partial charge on any atom is 0.251 e. The molecule has 1 amide bonds. The Balaban J connectivity index is 2.87. The second-order valence-corrected chi connectivity index (χ2v) is 6.67. The second-order valence-electron chi connectivity index (χ2n) is 4.47. The van der Waals surface area contributed by atoms with E-state index in [0.29, 0.717) is 11.4 Å². The lowest BCUT2D eigenvalue weighted by Crippen LogP contribution is -2.45. The normalized spacial score (nSPS) is 14.1. The first kappa shape index (κ1) is 16.0. The van der Waals surface area contributed by atoms with E-state index in [2.05, 4.69) is 37.2 Å². The van der Waals surface area contributed by atoms with Crippen LogP contribution >= 0.6 is 43.5 Å². The fourth-order valence-electron chi connectivity index (χ4n) is 1.57. The first-order valence-corrected chi connectivity index (χ1v) is 7.87. The van der Waals surface area contributed by atoms with Gasteiger partial charge in [0.15, 0.2) is 0 Å². The minimum atomic E-state index is -0.256. The van der Waals surface area contributed by atoms with Crippen LogP contribution in [-0.2, 0) is 0 Å². The summed E-state index contributed by atoms with van der Waals surface area (Å²) in [7, 11) is 0. The molecule has 0 bridgehead atoms. The van der Waals surface area contributed by atoms with E-state index in [0.717, 1.165) is 21.8 Å². The van der Waals surface area contributed by atoms with Gasteiger partial charge in [-0.15, -0.1) is 11.6 Å². The molecule has 0 aliphatic heterocycles. The van der Waals surface area contributed by atoms with Gasteiger partial charge in [0.2, 0.25) is 0 Å². The Morgan fingerprint density at radius 3 is 2.33 bits per heavy atom. The third-order valence-corrected chi connectivity index (χ3v) is 4.07. The van der Waals surface area contributed by atoms with Crippen molar-refractivity contribution < 1.29 is 4.79 Å². The third kappa shape index (κ3) is 4.56. The highest BCUT2D eigenvalue weighted by Gasteiger charge is 2.24. The highest BCUT2D eigenvalue weighted by Crippen LogP contribution is 2.22. The summed E-state index contributed by atoms with van der Waals surface area (Å²) in [5, 5.41) is 3.05. The van der Waals surface area contributed by atoms with Gasteiger partial charge in [-0.3, -0.25) is 4.79 Å². The molecule has 0 spiro atoms. The maximum absolute atomic E-state index is 12.2. The Bertz CT molecular complexity index is 419. The Hall–Kier alpha value is -0.0600. The monoisotopic (exact) mass is 395 g/mol. The SMILES string of the molecule is CCC(C)(CCCl)NC(=O)c1cc(Br)cc(Br)c1. The lowest BCUT2D eigenvalue weighted by Gasteiger charge is -2.29. The van der Waals surface area contributed by atoms with Crippen molar-refractivity contribution >= 4 is 49.4 Å². The molecular formula is C13H16Br2ClNO. The van der Waals surface area contributed by atoms with Crippen LogP contribution in [0.1, 0.15) is 37.0 Å². The second kappa shape index (κ2) is 6.92. The van der Waals surface area contributed by atoms with E-state index in [4.69, 9.17) is 11.6 Å². The molecule has 1 aromatic rings. The summed E-state index contributed by atoms with van der Waals surface area (Å²) in [5.74, 6) is 0.457. The molecule has 1 atom stereocenters. The Morgan fingerprint density at radius 1 is 1.33 bits per heavy atom. The molecule has 18 heavy (non-hydrogen) atoms. The predicted octanol–water partition coefficient (Wildman–Crippen LogP) is 4.74. The summed E-state index contributed by atoms with van der Waals surface area (Å²) in [6, 6.07) is 5.50. The van der Waals surface area contributed by atoms with Crippen molar-refractivity contribution in [2.75, 3.05) is 5.88 Å². The van der Waals surface area contributed by atoms with Crippen LogP contribution in [0.2, 0.25) is 0 Å². The van der Waals surface area contributed by atoms with Gasteiger partial charge in [0.25, 0.3) is 5.91 Å². The first-order chi connectivity index (χ1) is 8.40. The molecule has 5 heteroatoms. The summed E-state index contributed by atoms with van der Waals surface area (Å²) >= 11 is 12.5. The Labute approximate surface area is 130 Å². The van der Waals surface area contributed by atoms with Gasteiger partial charge >= 0.3 is 0 Å². The highest BCUT2D eigenvalue weighted by molar-refractivity contribution is 9.11. The van der Waals surface area contributed by atoms with E-state index in [9.17, 15) is 4.79 Å². The van der Waals surface area contributed by atoms with Crippen molar-refractivity contribution in [3.8, 4) is 0 Å². The first-order valence-electron chi connectivity index (χ1n) is 5.75. The number of carbonyl (C=O) groups excluding carboxylic acids is 1. The van der Waals surface area contributed by atoms with Crippen molar-refractivity contribution in [3.05, 3.63) is 32.7 Å². The molecular weight excluding hydrogens is 381 g/mol. The topological polar surface area (TPSA) is 29.1 Å². The van der Waals surface area contributed by atoms with E-state index in [1.54, 1.807) is 12.1 Å². The third-order valence-electron chi connectivity index (χ3n) is 2.97. The van der Waals surface area contributed by atoms with Crippen LogP contribution in [0.5, 0.6) is 0 Å². The van der Waals surface area contributed by atoms with Gasteiger partial charge < -0.3 is 5.32 Å². The summed E-state index contributed by atoms with van der Waals surface area (Å²) in [4.78, 5) is 12.2. The molecule has 0 aliphatic rings. The smallest absolute Gasteiger partial charge is 0.251 e. The van der Waals surface area contributed by atoms with Crippen molar-refractivity contribution in [2.45, 2.75) is 32.2 Å². The fraction of sp³-hybridized carbons (Fsp3) is 0.462. The number of benzene rings is 1. The number of nitrogens with one attached hydrogen (secondary N) is 1. The number of rotatable bonds is 5. The minimum Gasteiger partial charge on any atom is -0.347 e. The van der Waals surface area contributed by atoms with Crippen LogP contribution in [0.3, 0.4) is 0 Å². The van der Waals surface area contributed by atoms with E-state index in [1.165, 1.54) is 0 Å². The largest absolute Gasteiger partial charge is 0.347 e.